The highest BCUT2D eigenvalue weighted by Crippen LogP contribution is 2.28. The van der Waals surface area contributed by atoms with Gasteiger partial charge in [-0.15, -0.1) is 0 Å². The number of rotatable bonds is 4. The minimum absolute atomic E-state index is 0.306. The molecule has 0 fully saturated rings. The van der Waals surface area contributed by atoms with Crippen molar-refractivity contribution in [2.24, 2.45) is 0 Å². The van der Waals surface area contributed by atoms with Crippen molar-refractivity contribution in [1.82, 2.24) is 0 Å². The van der Waals surface area contributed by atoms with E-state index >= 15 is 0 Å². The normalized spacial score (nSPS) is 10.2. The zero-order valence-corrected chi connectivity index (χ0v) is 12.5. The van der Waals surface area contributed by atoms with Crippen molar-refractivity contribution < 1.29 is 14.3 Å². The first-order valence-corrected chi connectivity index (χ1v) is 6.83. The smallest absolute Gasteiger partial charge is 0.340 e. The molecule has 110 valence electrons. The molecule has 0 unspecified atom stereocenters. The molecule has 4 heteroatoms. The minimum Gasteiger partial charge on any atom is -0.462 e. The highest BCUT2D eigenvalue weighted by Gasteiger charge is 2.13. The van der Waals surface area contributed by atoms with E-state index in [4.69, 9.17) is 15.2 Å². The van der Waals surface area contributed by atoms with Gasteiger partial charge in [-0.2, -0.15) is 0 Å². The average Bonchev–Trinajstić information content (AvgIpc) is 2.45. The molecule has 2 rings (SSSR count). The van der Waals surface area contributed by atoms with Gasteiger partial charge in [0, 0.05) is 5.69 Å². The number of hydrogen-bond donors (Lipinski definition) is 1. The molecule has 0 bridgehead atoms. The maximum atomic E-state index is 11.8. The fourth-order valence-corrected chi connectivity index (χ4v) is 1.93. The number of esters is 1. The Hall–Kier alpha value is -2.49. The van der Waals surface area contributed by atoms with Crippen LogP contribution in [0.25, 0.3) is 0 Å². The summed E-state index contributed by atoms with van der Waals surface area (Å²) in [5.41, 5.74) is 8.64. The Balaban J connectivity index is 2.31. The Bertz CT molecular complexity index is 665. The minimum atomic E-state index is -0.443. The fourth-order valence-electron chi connectivity index (χ4n) is 1.93. The van der Waals surface area contributed by atoms with E-state index in [1.807, 2.05) is 32.0 Å². The molecule has 21 heavy (non-hydrogen) atoms. The summed E-state index contributed by atoms with van der Waals surface area (Å²) in [4.78, 5) is 11.8. The Morgan fingerprint density at radius 1 is 1.14 bits per heavy atom. The maximum Gasteiger partial charge on any atom is 0.340 e. The van der Waals surface area contributed by atoms with Crippen molar-refractivity contribution in [3.63, 3.8) is 0 Å². The number of ether oxygens (including phenoxy) is 2. The fraction of sp³-hybridized carbons (Fsp3) is 0.235. The molecule has 0 aliphatic rings. The monoisotopic (exact) mass is 285 g/mol. The molecule has 0 aliphatic heterocycles. The number of hydrogen-bond acceptors (Lipinski definition) is 4. The van der Waals surface area contributed by atoms with Crippen molar-refractivity contribution >= 4 is 11.7 Å². The van der Waals surface area contributed by atoms with Gasteiger partial charge >= 0.3 is 5.97 Å². The van der Waals surface area contributed by atoms with E-state index in [0.29, 0.717) is 23.6 Å². The zero-order chi connectivity index (χ0) is 15.4. The summed E-state index contributed by atoms with van der Waals surface area (Å²) in [7, 11) is 0. The van der Waals surface area contributed by atoms with Crippen LogP contribution in [0.4, 0.5) is 5.69 Å². The Morgan fingerprint density at radius 2 is 1.90 bits per heavy atom. The third kappa shape index (κ3) is 3.54. The maximum absolute atomic E-state index is 11.8. The lowest BCUT2D eigenvalue weighted by Gasteiger charge is -2.12. The van der Waals surface area contributed by atoms with E-state index in [2.05, 4.69) is 0 Å². The van der Waals surface area contributed by atoms with E-state index < -0.39 is 5.97 Å². The molecule has 0 saturated heterocycles. The van der Waals surface area contributed by atoms with E-state index in [-0.39, 0.29) is 0 Å². The van der Waals surface area contributed by atoms with Crippen molar-refractivity contribution in [2.75, 3.05) is 12.3 Å². The van der Waals surface area contributed by atoms with E-state index in [1.165, 1.54) is 0 Å². The molecule has 4 nitrogen and oxygen atoms in total. The predicted molar refractivity (Wildman–Crippen MR) is 82.8 cm³/mol. The van der Waals surface area contributed by atoms with Crippen LogP contribution in [0.1, 0.15) is 28.4 Å². The number of nitrogen functional groups attached to an aromatic ring is 1. The van der Waals surface area contributed by atoms with Crippen LogP contribution in [0.5, 0.6) is 11.5 Å². The van der Waals surface area contributed by atoms with Crippen LogP contribution in [-0.2, 0) is 4.74 Å². The molecule has 2 aromatic carbocycles. The first-order chi connectivity index (χ1) is 10.0. The van der Waals surface area contributed by atoms with Gasteiger partial charge in [0.05, 0.1) is 12.2 Å². The van der Waals surface area contributed by atoms with Gasteiger partial charge in [0.2, 0.25) is 0 Å². The molecule has 0 atom stereocenters. The van der Waals surface area contributed by atoms with Crippen LogP contribution in [0.3, 0.4) is 0 Å². The summed E-state index contributed by atoms with van der Waals surface area (Å²) < 4.78 is 10.8. The number of carbonyl (C=O) groups is 1. The van der Waals surface area contributed by atoms with Crippen molar-refractivity contribution in [3.05, 3.63) is 53.1 Å². The summed E-state index contributed by atoms with van der Waals surface area (Å²) >= 11 is 0. The van der Waals surface area contributed by atoms with Crippen LogP contribution >= 0.6 is 0 Å². The summed E-state index contributed by atoms with van der Waals surface area (Å²) in [6.07, 6.45) is 0. The second-order valence-corrected chi connectivity index (χ2v) is 4.84. The van der Waals surface area contributed by atoms with E-state index in [1.54, 1.807) is 25.1 Å². The lowest BCUT2D eigenvalue weighted by Crippen LogP contribution is -2.08. The number of anilines is 1. The molecule has 0 aliphatic carbocycles. The lowest BCUT2D eigenvalue weighted by atomic mass is 10.1. The van der Waals surface area contributed by atoms with Crippen molar-refractivity contribution in [1.29, 1.82) is 0 Å². The molecule has 2 aromatic rings. The van der Waals surface area contributed by atoms with Gasteiger partial charge in [0.1, 0.15) is 11.5 Å². The molecule has 0 amide bonds. The lowest BCUT2D eigenvalue weighted by molar-refractivity contribution is 0.0527. The Morgan fingerprint density at radius 3 is 2.62 bits per heavy atom. The van der Waals surface area contributed by atoms with Gasteiger partial charge in [-0.25, -0.2) is 4.79 Å². The molecular weight excluding hydrogens is 266 g/mol. The van der Waals surface area contributed by atoms with Crippen LogP contribution < -0.4 is 10.5 Å². The first-order valence-electron chi connectivity index (χ1n) is 6.83. The Labute approximate surface area is 124 Å². The largest absolute Gasteiger partial charge is 0.462 e. The van der Waals surface area contributed by atoms with Gasteiger partial charge in [0.15, 0.2) is 0 Å². The molecule has 0 radical (unpaired) electrons. The standard InChI is InChI=1S/C17H19NO3/c1-4-20-17(19)14-10-13(7-8-15(14)18)21-16-9-11(2)5-6-12(16)3/h5-10H,4,18H2,1-3H3. The molecule has 0 saturated carbocycles. The van der Waals surface area contributed by atoms with Crippen LogP contribution in [0.15, 0.2) is 36.4 Å². The summed E-state index contributed by atoms with van der Waals surface area (Å²) in [5.74, 6) is 0.872. The summed E-state index contributed by atoms with van der Waals surface area (Å²) in [6.45, 7) is 6.03. The predicted octanol–water partition coefficient (Wildman–Crippen LogP) is 3.85. The van der Waals surface area contributed by atoms with Crippen LogP contribution in [-0.4, -0.2) is 12.6 Å². The Kier molecular flexibility index (Phi) is 4.48. The number of aryl methyl sites for hydroxylation is 2. The zero-order valence-electron chi connectivity index (χ0n) is 12.5. The molecule has 2 N–H and O–H groups in total. The number of benzene rings is 2. The summed E-state index contributed by atoms with van der Waals surface area (Å²) in [5, 5.41) is 0. The third-order valence-electron chi connectivity index (χ3n) is 3.09. The van der Waals surface area contributed by atoms with E-state index in [0.717, 1.165) is 16.9 Å². The number of carbonyl (C=O) groups excluding carboxylic acids is 1. The molecule has 0 heterocycles. The van der Waals surface area contributed by atoms with Crippen LogP contribution in [0.2, 0.25) is 0 Å². The first kappa shape index (κ1) is 14.9. The molecular formula is C17H19NO3. The SMILES string of the molecule is CCOC(=O)c1cc(Oc2cc(C)ccc2C)ccc1N. The van der Waals surface area contributed by atoms with Gasteiger partial charge in [-0.3, -0.25) is 0 Å². The average molecular weight is 285 g/mol. The van der Waals surface area contributed by atoms with Crippen LogP contribution in [0, 0.1) is 13.8 Å². The van der Waals surface area contributed by atoms with Crippen molar-refractivity contribution in [3.8, 4) is 11.5 Å². The van der Waals surface area contributed by atoms with Gasteiger partial charge in [-0.1, -0.05) is 12.1 Å². The molecule has 0 spiro atoms. The molecule has 0 aromatic heterocycles. The highest BCUT2D eigenvalue weighted by molar-refractivity contribution is 5.95. The second-order valence-electron chi connectivity index (χ2n) is 4.84. The topological polar surface area (TPSA) is 61.5 Å². The van der Waals surface area contributed by atoms with Gasteiger partial charge in [0.25, 0.3) is 0 Å². The third-order valence-corrected chi connectivity index (χ3v) is 3.09. The van der Waals surface area contributed by atoms with E-state index in [9.17, 15) is 4.79 Å². The van der Waals surface area contributed by atoms with Crippen molar-refractivity contribution in [2.45, 2.75) is 20.8 Å². The van der Waals surface area contributed by atoms with Gasteiger partial charge < -0.3 is 15.2 Å². The summed E-state index contributed by atoms with van der Waals surface area (Å²) in [6, 6.07) is 11.0. The quantitative estimate of drug-likeness (QED) is 0.684. The number of nitrogens with two attached hydrogens (primary N) is 1. The highest BCUT2D eigenvalue weighted by atomic mass is 16.5. The second kappa shape index (κ2) is 6.31. The van der Waals surface area contributed by atoms with Gasteiger partial charge in [-0.05, 0) is 56.2 Å².